The number of ether oxygens (including phenoxy) is 2. The van der Waals surface area contributed by atoms with Crippen molar-refractivity contribution < 1.29 is 45.6 Å². The Balaban J connectivity index is 0.000000384. The van der Waals surface area contributed by atoms with Gasteiger partial charge in [0, 0.05) is 39.4 Å². The Morgan fingerprint density at radius 1 is 0.700 bits per heavy atom. The summed E-state index contributed by atoms with van der Waals surface area (Å²) in [5, 5.41) is 9.42. The number of nitrogens with zero attached hydrogens (tertiary/aromatic N) is 3. The van der Waals surface area contributed by atoms with Crippen molar-refractivity contribution >= 4 is 27.7 Å². The molecule has 2 aliphatic carbocycles. The molecule has 382 valence electrons. The Kier molecular flexibility index (Phi) is 15.6. The van der Waals surface area contributed by atoms with Crippen LogP contribution in [0.4, 0.5) is 14.6 Å². The molecule has 15 heteroatoms. The first-order valence-electron chi connectivity index (χ1n) is 23.9. The Morgan fingerprint density at radius 3 is 1.54 bits per heavy atom. The van der Waals surface area contributed by atoms with Crippen molar-refractivity contribution in [1.82, 2.24) is 19.7 Å². The first-order valence-corrected chi connectivity index (χ1v) is 25.3. The average molecular weight is 988 g/mol. The molecule has 2 atom stereocenters. The predicted octanol–water partition coefficient (Wildman–Crippen LogP) is 13.2. The van der Waals surface area contributed by atoms with E-state index >= 15 is 0 Å². The Hall–Kier alpha value is -5.96. The van der Waals surface area contributed by atoms with Gasteiger partial charge in [0.15, 0.2) is 5.03 Å². The number of rotatable bonds is 14. The highest BCUT2D eigenvalue weighted by Gasteiger charge is 2.48. The number of carboxylic acids is 1. The number of aromatic nitrogens is 3. The zero-order valence-corrected chi connectivity index (χ0v) is 43.4. The van der Waals surface area contributed by atoms with Gasteiger partial charge >= 0.3 is 5.97 Å². The molecule has 4 N–H and O–H groups in total. The molecule has 2 aliphatic rings. The van der Waals surface area contributed by atoms with E-state index in [4.69, 9.17) is 25.2 Å². The number of hydrogen-bond donors (Lipinski definition) is 3. The van der Waals surface area contributed by atoms with Crippen LogP contribution in [0, 0.1) is 45.1 Å². The van der Waals surface area contributed by atoms with Crippen LogP contribution >= 0.6 is 0 Å². The first-order chi connectivity index (χ1) is 32.4. The number of nitrogens with one attached hydrogen (secondary N) is 1. The van der Waals surface area contributed by atoms with Gasteiger partial charge in [-0.3, -0.25) is 14.8 Å². The van der Waals surface area contributed by atoms with E-state index < -0.39 is 33.5 Å². The molecule has 7 rings (SSSR count). The van der Waals surface area contributed by atoms with Crippen LogP contribution in [0.2, 0.25) is 0 Å². The van der Waals surface area contributed by atoms with Crippen LogP contribution in [-0.4, -0.2) is 53.6 Å². The monoisotopic (exact) mass is 988 g/mol. The van der Waals surface area contributed by atoms with Gasteiger partial charge in [-0.2, -0.15) is 8.42 Å². The molecule has 0 spiro atoms. The molecule has 2 saturated carbocycles. The van der Waals surface area contributed by atoms with E-state index in [1.165, 1.54) is 42.5 Å². The molecule has 0 saturated heterocycles. The van der Waals surface area contributed by atoms with Gasteiger partial charge in [-0.1, -0.05) is 89.2 Å². The van der Waals surface area contributed by atoms with Crippen LogP contribution in [0.3, 0.4) is 0 Å². The number of nitrogen functional groups attached to an aromatic ring is 1. The van der Waals surface area contributed by atoms with Gasteiger partial charge in [-0.15, -0.1) is 0 Å². The second-order valence-electron chi connectivity index (χ2n) is 22.8. The maximum absolute atomic E-state index is 14.6. The normalized spacial score (nSPS) is 18.8. The number of carbonyl (C=O) groups is 2. The molecule has 70 heavy (non-hydrogen) atoms. The molecule has 0 bridgehead atoms. The second kappa shape index (κ2) is 20.4. The number of carboxylic acid groups (broad SMARTS) is 1. The minimum atomic E-state index is -4.29. The van der Waals surface area contributed by atoms with Gasteiger partial charge in [0.05, 0.1) is 47.1 Å². The Bertz CT molecular complexity index is 2880. The van der Waals surface area contributed by atoms with Gasteiger partial charge in [-0.25, -0.2) is 23.3 Å². The van der Waals surface area contributed by atoms with Crippen LogP contribution in [0.25, 0.3) is 22.5 Å². The van der Waals surface area contributed by atoms with Gasteiger partial charge in [0.2, 0.25) is 0 Å². The fraction of sp³-hybridized carbons (Fsp3) is 0.473. The summed E-state index contributed by atoms with van der Waals surface area (Å²) in [7, 11) is -4.29. The summed E-state index contributed by atoms with van der Waals surface area (Å²) in [4.78, 5) is 39.0. The molecular formula is C55H75F2N5O7S. The standard InChI is InChI=1S/C30H37FN4O4S.C25H32FNO3.3H2/c1-18(2)16-39-21-13-19(12-20(31)14-21)24-11-10-22(27(33-24)23-15-29(3,4)17-30(23,5)6)28(36)35-40(37,38)26-9-7-8-25(32)34-26;1-15(2)13-30-18-10-16(9-17(26)11-18)21-8-7-19(23(28)29)22(27-21)20-12-24(3,4)14-25(20,5)6;;;/h7-14,18,23H,15-17H2,1-6H3,(H2,32,34)(H,35,36);7-11,15,20H,12-14H2,1-6H3,(H,28,29);3*1H. The summed E-state index contributed by atoms with van der Waals surface area (Å²) >= 11 is 0. The predicted molar refractivity (Wildman–Crippen MR) is 276 cm³/mol. The van der Waals surface area contributed by atoms with Crippen molar-refractivity contribution in [3.8, 4) is 34.0 Å². The SMILES string of the molecule is CC(C)COc1cc(F)cc(-c2ccc(C(=O)NS(=O)(=O)c3cccc(N)n3)c(C3CC(C)(C)CC3(C)C)n2)c1.CC(C)COc1cc(F)cc(-c2ccc(C(=O)O)c(C3CC(C)(C)CC3(C)C)n2)c1.[HH].[HH].[HH]. The third-order valence-corrected chi connectivity index (χ3v) is 14.2. The van der Waals surface area contributed by atoms with E-state index in [0.29, 0.717) is 64.5 Å². The third-order valence-electron chi connectivity index (χ3n) is 13.0. The minimum absolute atomic E-state index is 0. The van der Waals surface area contributed by atoms with Crippen molar-refractivity contribution in [2.45, 2.75) is 126 Å². The minimum Gasteiger partial charge on any atom is -0.493 e. The molecule has 12 nitrogen and oxygen atoms in total. The van der Waals surface area contributed by atoms with Gasteiger partial charge in [-0.05, 0) is 120 Å². The molecule has 3 aromatic heterocycles. The largest absolute Gasteiger partial charge is 0.493 e. The summed E-state index contributed by atoms with van der Waals surface area (Å²) in [6.07, 6.45) is 3.48. The van der Waals surface area contributed by atoms with Crippen LogP contribution in [-0.2, 0) is 10.0 Å². The zero-order chi connectivity index (χ0) is 51.7. The van der Waals surface area contributed by atoms with Crippen LogP contribution < -0.4 is 19.9 Å². The molecular weight excluding hydrogens is 913 g/mol. The summed E-state index contributed by atoms with van der Waals surface area (Å²) in [5.41, 5.74) is 8.96. The first kappa shape index (κ1) is 53.4. The molecule has 1 amide bonds. The number of carbonyl (C=O) groups excluding carboxylic acids is 1. The van der Waals surface area contributed by atoms with E-state index in [2.05, 4.69) is 65.1 Å². The maximum Gasteiger partial charge on any atom is 0.337 e. The highest BCUT2D eigenvalue weighted by molar-refractivity contribution is 7.90. The number of nitrogens with two attached hydrogens (primary N) is 1. The molecule has 2 fully saturated rings. The van der Waals surface area contributed by atoms with Gasteiger partial charge < -0.3 is 20.3 Å². The Morgan fingerprint density at radius 2 is 1.14 bits per heavy atom. The fourth-order valence-corrected chi connectivity index (χ4v) is 11.5. The zero-order valence-electron chi connectivity index (χ0n) is 42.5. The quantitative estimate of drug-likeness (QED) is 0.0962. The van der Waals surface area contributed by atoms with Crippen molar-refractivity contribution in [3.05, 3.63) is 113 Å². The van der Waals surface area contributed by atoms with Crippen molar-refractivity contribution in [2.75, 3.05) is 18.9 Å². The van der Waals surface area contributed by atoms with E-state index in [-0.39, 0.29) is 65.7 Å². The Labute approximate surface area is 416 Å². The lowest BCUT2D eigenvalue weighted by molar-refractivity contribution is 0.0693. The molecule has 0 aliphatic heterocycles. The molecule has 3 heterocycles. The number of aromatic carboxylic acids is 1. The lowest BCUT2D eigenvalue weighted by Crippen LogP contribution is -2.33. The topological polar surface area (TPSA) is 184 Å². The summed E-state index contributed by atoms with van der Waals surface area (Å²) < 4.78 is 68.4. The lowest BCUT2D eigenvalue weighted by Gasteiger charge is -2.28. The van der Waals surface area contributed by atoms with E-state index in [1.807, 2.05) is 27.7 Å². The number of pyridine rings is 3. The van der Waals surface area contributed by atoms with Crippen molar-refractivity contribution in [3.63, 3.8) is 0 Å². The summed E-state index contributed by atoms with van der Waals surface area (Å²) in [6.45, 7) is 26.3. The van der Waals surface area contributed by atoms with Crippen LogP contribution in [0.15, 0.2) is 83.9 Å². The second-order valence-corrected chi connectivity index (χ2v) is 24.5. The highest BCUT2D eigenvalue weighted by Crippen LogP contribution is 2.58. The van der Waals surface area contributed by atoms with Crippen LogP contribution in [0.5, 0.6) is 11.5 Å². The van der Waals surface area contributed by atoms with Crippen molar-refractivity contribution in [2.24, 2.45) is 33.5 Å². The van der Waals surface area contributed by atoms with E-state index in [1.54, 1.807) is 36.4 Å². The van der Waals surface area contributed by atoms with Crippen molar-refractivity contribution in [1.29, 1.82) is 0 Å². The highest BCUT2D eigenvalue weighted by atomic mass is 32.2. The van der Waals surface area contributed by atoms with E-state index in [0.717, 1.165) is 25.7 Å². The number of benzene rings is 2. The third kappa shape index (κ3) is 13.1. The molecule has 0 radical (unpaired) electrons. The molecule has 2 unspecified atom stereocenters. The van der Waals surface area contributed by atoms with E-state index in [9.17, 15) is 31.9 Å². The number of hydrogen-bond acceptors (Lipinski definition) is 10. The summed E-state index contributed by atoms with van der Waals surface area (Å²) in [5.74, 6) is -1.37. The number of halogens is 2. The van der Waals surface area contributed by atoms with Gasteiger partial charge in [0.1, 0.15) is 29.0 Å². The van der Waals surface area contributed by atoms with Gasteiger partial charge in [0.25, 0.3) is 15.9 Å². The maximum atomic E-state index is 14.6. The lowest BCUT2D eigenvalue weighted by atomic mass is 9.78. The number of anilines is 1. The molecule has 2 aromatic carbocycles. The van der Waals surface area contributed by atoms with Crippen LogP contribution in [0.1, 0.15) is 157 Å². The molecule has 5 aromatic rings. The average Bonchev–Trinajstić information content (AvgIpc) is 3.63. The number of amides is 1. The summed E-state index contributed by atoms with van der Waals surface area (Å²) in [6, 6.07) is 19.5. The smallest absolute Gasteiger partial charge is 0.337 e. The number of sulfonamides is 1. The fourth-order valence-electron chi connectivity index (χ4n) is 10.5.